The molecule has 2 atom stereocenters. The van der Waals surface area contributed by atoms with Crippen LogP contribution in [0.1, 0.15) is 56.3 Å². The van der Waals surface area contributed by atoms with Crippen LogP contribution in [0, 0.1) is 6.92 Å². The molecule has 0 aliphatic heterocycles. The largest absolute Gasteiger partial charge is 0.391 e. The van der Waals surface area contributed by atoms with E-state index in [9.17, 15) is 5.11 Å². The predicted octanol–water partition coefficient (Wildman–Crippen LogP) is 2.17. The molecule has 0 bridgehead atoms. The lowest BCUT2D eigenvalue weighted by Crippen LogP contribution is -2.25. The number of hydrogen-bond acceptors (Lipinski definition) is 3. The summed E-state index contributed by atoms with van der Waals surface area (Å²) in [5.41, 5.74) is 2.44. The van der Waals surface area contributed by atoms with E-state index in [0.717, 1.165) is 32.4 Å². The van der Waals surface area contributed by atoms with Crippen LogP contribution in [0.4, 0.5) is 0 Å². The Morgan fingerprint density at radius 2 is 2.17 bits per heavy atom. The Morgan fingerprint density at radius 1 is 1.39 bits per heavy atom. The molecule has 1 saturated carbocycles. The third-order valence-electron chi connectivity index (χ3n) is 3.97. The monoisotopic (exact) mass is 251 g/mol. The Morgan fingerprint density at radius 3 is 2.94 bits per heavy atom. The van der Waals surface area contributed by atoms with Gasteiger partial charge >= 0.3 is 0 Å². The van der Waals surface area contributed by atoms with Crippen LogP contribution in [0.25, 0.3) is 0 Å². The molecule has 0 radical (unpaired) electrons. The van der Waals surface area contributed by atoms with Gasteiger partial charge in [0.05, 0.1) is 18.3 Å². The van der Waals surface area contributed by atoms with E-state index in [1.165, 1.54) is 24.1 Å². The Labute approximate surface area is 109 Å². The molecular formula is C14H25N3O. The average molecular weight is 251 g/mol. The highest BCUT2D eigenvalue weighted by atomic mass is 16.3. The van der Waals surface area contributed by atoms with Gasteiger partial charge in [0.2, 0.25) is 0 Å². The van der Waals surface area contributed by atoms with Crippen molar-refractivity contribution >= 4 is 0 Å². The number of aliphatic hydroxyl groups is 1. The molecule has 1 fully saturated rings. The zero-order valence-corrected chi connectivity index (χ0v) is 11.5. The number of aliphatic hydroxyl groups excluding tert-OH is 1. The van der Waals surface area contributed by atoms with Gasteiger partial charge < -0.3 is 10.4 Å². The van der Waals surface area contributed by atoms with Crippen LogP contribution in [0.2, 0.25) is 0 Å². The molecule has 18 heavy (non-hydrogen) atoms. The van der Waals surface area contributed by atoms with Crippen molar-refractivity contribution < 1.29 is 5.11 Å². The van der Waals surface area contributed by atoms with Crippen LogP contribution in [0.5, 0.6) is 0 Å². The van der Waals surface area contributed by atoms with Crippen LogP contribution in [-0.2, 0) is 6.54 Å². The van der Waals surface area contributed by atoms with Crippen molar-refractivity contribution in [1.82, 2.24) is 15.1 Å². The molecule has 2 rings (SSSR count). The van der Waals surface area contributed by atoms with Crippen LogP contribution < -0.4 is 5.32 Å². The van der Waals surface area contributed by atoms with Gasteiger partial charge in [0.25, 0.3) is 0 Å². The first-order valence-electron chi connectivity index (χ1n) is 7.15. The lowest BCUT2D eigenvalue weighted by Gasteiger charge is -2.22. The molecule has 1 aliphatic rings. The SMILES string of the molecule is CCNCc1cnn(C2CCCCCC2O)c1C. The van der Waals surface area contributed by atoms with Crippen molar-refractivity contribution in [3.8, 4) is 0 Å². The van der Waals surface area contributed by atoms with Crippen LogP contribution in [-0.4, -0.2) is 27.5 Å². The van der Waals surface area contributed by atoms with E-state index in [-0.39, 0.29) is 12.1 Å². The maximum atomic E-state index is 10.2. The van der Waals surface area contributed by atoms with Gasteiger partial charge in [-0.1, -0.05) is 26.2 Å². The van der Waals surface area contributed by atoms with Crippen molar-refractivity contribution in [2.75, 3.05) is 6.54 Å². The van der Waals surface area contributed by atoms with E-state index < -0.39 is 0 Å². The first kappa shape index (κ1) is 13.6. The van der Waals surface area contributed by atoms with Gasteiger partial charge in [-0.3, -0.25) is 4.68 Å². The summed E-state index contributed by atoms with van der Waals surface area (Å²) in [6.45, 7) is 6.05. The van der Waals surface area contributed by atoms with Gasteiger partial charge in [-0.25, -0.2) is 0 Å². The summed E-state index contributed by atoms with van der Waals surface area (Å²) in [7, 11) is 0. The van der Waals surface area contributed by atoms with Crippen LogP contribution in [0.15, 0.2) is 6.20 Å². The minimum Gasteiger partial charge on any atom is -0.391 e. The third kappa shape index (κ3) is 2.93. The molecule has 0 saturated heterocycles. The molecule has 0 amide bonds. The fourth-order valence-corrected chi connectivity index (χ4v) is 2.78. The smallest absolute Gasteiger partial charge is 0.0781 e. The Kier molecular flexibility index (Phi) is 4.78. The lowest BCUT2D eigenvalue weighted by atomic mass is 10.1. The second-order valence-corrected chi connectivity index (χ2v) is 5.25. The molecule has 2 unspecified atom stereocenters. The Balaban J connectivity index is 2.13. The summed E-state index contributed by atoms with van der Waals surface area (Å²) in [5, 5.41) is 18.1. The van der Waals surface area contributed by atoms with Gasteiger partial charge in [-0.05, 0) is 26.3 Å². The molecule has 0 aromatic carbocycles. The highest BCUT2D eigenvalue weighted by Crippen LogP contribution is 2.28. The molecule has 1 heterocycles. The number of hydrogen-bond donors (Lipinski definition) is 2. The molecule has 2 N–H and O–H groups in total. The highest BCUT2D eigenvalue weighted by Gasteiger charge is 2.25. The molecule has 1 aliphatic carbocycles. The minimum absolute atomic E-state index is 0.169. The first-order chi connectivity index (χ1) is 8.74. The molecular weight excluding hydrogens is 226 g/mol. The van der Waals surface area contributed by atoms with Crippen LogP contribution >= 0.6 is 0 Å². The quantitative estimate of drug-likeness (QED) is 0.806. The fraction of sp³-hybridized carbons (Fsp3) is 0.786. The maximum Gasteiger partial charge on any atom is 0.0781 e. The van der Waals surface area contributed by atoms with E-state index in [4.69, 9.17) is 0 Å². The van der Waals surface area contributed by atoms with Gasteiger partial charge in [-0.2, -0.15) is 5.10 Å². The lowest BCUT2D eigenvalue weighted by molar-refractivity contribution is 0.0979. The predicted molar refractivity (Wildman–Crippen MR) is 72.5 cm³/mol. The summed E-state index contributed by atoms with van der Waals surface area (Å²) < 4.78 is 2.04. The zero-order chi connectivity index (χ0) is 13.0. The van der Waals surface area contributed by atoms with Crippen LogP contribution in [0.3, 0.4) is 0 Å². The molecule has 102 valence electrons. The average Bonchev–Trinajstić information content (AvgIpc) is 2.58. The number of nitrogens with zero attached hydrogens (tertiary/aromatic N) is 2. The maximum absolute atomic E-state index is 10.2. The third-order valence-corrected chi connectivity index (χ3v) is 3.97. The van der Waals surface area contributed by atoms with E-state index >= 15 is 0 Å². The van der Waals surface area contributed by atoms with Gasteiger partial charge in [0.15, 0.2) is 0 Å². The molecule has 1 aromatic rings. The summed E-state index contributed by atoms with van der Waals surface area (Å²) in [6.07, 6.45) is 7.23. The highest BCUT2D eigenvalue weighted by molar-refractivity contribution is 5.16. The molecule has 4 nitrogen and oxygen atoms in total. The first-order valence-corrected chi connectivity index (χ1v) is 7.15. The van der Waals surface area contributed by atoms with Crippen molar-refractivity contribution in [1.29, 1.82) is 0 Å². The molecule has 1 aromatic heterocycles. The van der Waals surface area contributed by atoms with E-state index in [1.807, 2.05) is 10.9 Å². The Bertz CT molecular complexity index is 375. The van der Waals surface area contributed by atoms with Crippen molar-refractivity contribution in [3.63, 3.8) is 0 Å². The summed E-state index contributed by atoms with van der Waals surface area (Å²) in [4.78, 5) is 0. The second kappa shape index (κ2) is 6.34. The van der Waals surface area contributed by atoms with Gasteiger partial charge in [0, 0.05) is 17.8 Å². The normalized spacial score (nSPS) is 25.1. The summed E-state index contributed by atoms with van der Waals surface area (Å²) in [5.74, 6) is 0. The summed E-state index contributed by atoms with van der Waals surface area (Å²) >= 11 is 0. The number of aromatic nitrogens is 2. The number of rotatable bonds is 4. The standard InChI is InChI=1S/C14H25N3O/c1-3-15-9-12-10-16-17(11(12)2)13-7-5-4-6-8-14(13)18/h10,13-15,18H,3-9H2,1-2H3. The van der Waals surface area contributed by atoms with Gasteiger partial charge in [0.1, 0.15) is 0 Å². The van der Waals surface area contributed by atoms with E-state index in [1.54, 1.807) is 0 Å². The van der Waals surface area contributed by atoms with Gasteiger partial charge in [-0.15, -0.1) is 0 Å². The second-order valence-electron chi connectivity index (χ2n) is 5.25. The van der Waals surface area contributed by atoms with Crippen molar-refractivity contribution in [2.24, 2.45) is 0 Å². The molecule has 4 heteroatoms. The van der Waals surface area contributed by atoms with E-state index in [2.05, 4.69) is 24.3 Å². The fourth-order valence-electron chi connectivity index (χ4n) is 2.78. The van der Waals surface area contributed by atoms with E-state index in [0.29, 0.717) is 0 Å². The summed E-state index contributed by atoms with van der Waals surface area (Å²) in [6, 6.07) is 0.169. The van der Waals surface area contributed by atoms with Crippen molar-refractivity contribution in [2.45, 2.75) is 64.6 Å². The zero-order valence-electron chi connectivity index (χ0n) is 11.5. The van der Waals surface area contributed by atoms with Crippen molar-refractivity contribution in [3.05, 3.63) is 17.5 Å². The topological polar surface area (TPSA) is 50.1 Å². The molecule has 0 spiro atoms. The number of nitrogens with one attached hydrogen (secondary N) is 1. The Hall–Kier alpha value is -0.870. The minimum atomic E-state index is -0.238.